The Morgan fingerprint density at radius 1 is 1.55 bits per heavy atom. The van der Waals surface area contributed by atoms with Crippen molar-refractivity contribution in [1.82, 2.24) is 5.32 Å². The molecule has 0 aliphatic heterocycles. The van der Waals surface area contributed by atoms with Gasteiger partial charge in [-0.25, -0.2) is 0 Å². The molecular formula is C13H18N2O4S. The van der Waals surface area contributed by atoms with Gasteiger partial charge < -0.3 is 10.4 Å². The van der Waals surface area contributed by atoms with Crippen molar-refractivity contribution >= 4 is 23.4 Å². The zero-order valence-electron chi connectivity index (χ0n) is 11.6. The van der Waals surface area contributed by atoms with Crippen LogP contribution in [0.3, 0.4) is 0 Å². The largest absolute Gasteiger partial charge is 0.395 e. The Morgan fingerprint density at radius 2 is 2.20 bits per heavy atom. The SMILES string of the molecule is CSC(CO)C(C)NC(=O)c1ccc([N+](=O)[O-])c(C)c1. The van der Waals surface area contributed by atoms with Gasteiger partial charge in [-0.1, -0.05) is 0 Å². The van der Waals surface area contributed by atoms with E-state index >= 15 is 0 Å². The van der Waals surface area contributed by atoms with Crippen LogP contribution in [0.4, 0.5) is 5.69 Å². The third kappa shape index (κ3) is 3.94. The van der Waals surface area contributed by atoms with Crippen molar-refractivity contribution in [1.29, 1.82) is 0 Å². The lowest BCUT2D eigenvalue weighted by molar-refractivity contribution is -0.385. The molecule has 0 aromatic heterocycles. The lowest BCUT2D eigenvalue weighted by Crippen LogP contribution is -2.41. The molecule has 2 N–H and O–H groups in total. The average molecular weight is 298 g/mol. The third-order valence-electron chi connectivity index (χ3n) is 3.05. The van der Waals surface area contributed by atoms with Crippen molar-refractivity contribution in [3.05, 3.63) is 39.4 Å². The van der Waals surface area contributed by atoms with Crippen molar-refractivity contribution in [2.75, 3.05) is 12.9 Å². The Labute approximate surface area is 121 Å². The molecule has 0 aliphatic rings. The fourth-order valence-electron chi connectivity index (χ4n) is 1.82. The van der Waals surface area contributed by atoms with E-state index in [1.165, 1.54) is 30.0 Å². The van der Waals surface area contributed by atoms with Crippen LogP contribution in [0.5, 0.6) is 0 Å². The molecule has 0 aliphatic carbocycles. The lowest BCUT2D eigenvalue weighted by atomic mass is 10.1. The van der Waals surface area contributed by atoms with E-state index in [0.29, 0.717) is 11.1 Å². The molecule has 2 unspecified atom stereocenters. The molecule has 1 aromatic carbocycles. The van der Waals surface area contributed by atoms with Gasteiger partial charge in [0.15, 0.2) is 0 Å². The Hall–Kier alpha value is -1.60. The molecule has 1 rings (SSSR count). The number of hydrogen-bond acceptors (Lipinski definition) is 5. The second-order valence-corrected chi connectivity index (χ2v) is 5.55. The summed E-state index contributed by atoms with van der Waals surface area (Å²) >= 11 is 1.47. The summed E-state index contributed by atoms with van der Waals surface area (Å²) < 4.78 is 0. The molecular weight excluding hydrogens is 280 g/mol. The molecule has 0 saturated heterocycles. The number of carbonyl (C=O) groups excluding carboxylic acids is 1. The van der Waals surface area contributed by atoms with Crippen molar-refractivity contribution < 1.29 is 14.8 Å². The van der Waals surface area contributed by atoms with Gasteiger partial charge in [0.1, 0.15) is 0 Å². The molecule has 1 amide bonds. The van der Waals surface area contributed by atoms with Crippen LogP contribution in [0.15, 0.2) is 18.2 Å². The van der Waals surface area contributed by atoms with Crippen LogP contribution in [0.2, 0.25) is 0 Å². The summed E-state index contributed by atoms with van der Waals surface area (Å²) in [6.45, 7) is 3.38. The molecule has 0 saturated carbocycles. The molecule has 7 heteroatoms. The first-order chi connectivity index (χ1) is 9.40. The fraction of sp³-hybridized carbons (Fsp3) is 0.462. The molecule has 0 spiro atoms. The smallest absolute Gasteiger partial charge is 0.272 e. The summed E-state index contributed by atoms with van der Waals surface area (Å²) in [7, 11) is 0. The zero-order valence-corrected chi connectivity index (χ0v) is 12.4. The van der Waals surface area contributed by atoms with Crippen molar-refractivity contribution in [3.8, 4) is 0 Å². The third-order valence-corrected chi connectivity index (χ3v) is 4.22. The van der Waals surface area contributed by atoms with Crippen LogP contribution in [0.25, 0.3) is 0 Å². The van der Waals surface area contributed by atoms with E-state index in [1.54, 1.807) is 6.92 Å². The second-order valence-electron chi connectivity index (χ2n) is 4.48. The van der Waals surface area contributed by atoms with E-state index in [9.17, 15) is 20.0 Å². The van der Waals surface area contributed by atoms with Crippen LogP contribution in [0, 0.1) is 17.0 Å². The molecule has 20 heavy (non-hydrogen) atoms. The maximum Gasteiger partial charge on any atom is 0.272 e. The predicted molar refractivity (Wildman–Crippen MR) is 79.2 cm³/mol. The number of hydrogen-bond donors (Lipinski definition) is 2. The van der Waals surface area contributed by atoms with Gasteiger partial charge >= 0.3 is 0 Å². The van der Waals surface area contributed by atoms with Crippen molar-refractivity contribution in [3.63, 3.8) is 0 Å². The van der Waals surface area contributed by atoms with E-state index in [4.69, 9.17) is 0 Å². The molecule has 0 fully saturated rings. The number of nitro groups is 1. The quantitative estimate of drug-likeness (QED) is 0.616. The summed E-state index contributed by atoms with van der Waals surface area (Å²) in [5.41, 5.74) is 0.809. The first kappa shape index (κ1) is 16.5. The Bertz CT molecular complexity index is 503. The highest BCUT2D eigenvalue weighted by atomic mass is 32.2. The van der Waals surface area contributed by atoms with Crippen molar-refractivity contribution in [2.24, 2.45) is 0 Å². The van der Waals surface area contributed by atoms with Gasteiger partial charge in [-0.05, 0) is 32.2 Å². The predicted octanol–water partition coefficient (Wildman–Crippen LogP) is 1.75. The molecule has 0 heterocycles. The summed E-state index contributed by atoms with van der Waals surface area (Å²) in [4.78, 5) is 22.3. The summed E-state index contributed by atoms with van der Waals surface area (Å²) in [6, 6.07) is 4.05. The minimum Gasteiger partial charge on any atom is -0.395 e. The Kier molecular flexibility index (Phi) is 5.97. The summed E-state index contributed by atoms with van der Waals surface area (Å²) in [6.07, 6.45) is 1.86. The number of rotatable bonds is 6. The van der Waals surface area contributed by atoms with Gasteiger partial charge in [-0.3, -0.25) is 14.9 Å². The van der Waals surface area contributed by atoms with E-state index in [1.807, 2.05) is 13.2 Å². The molecule has 2 atom stereocenters. The molecule has 0 radical (unpaired) electrons. The standard InChI is InChI=1S/C13H18N2O4S/c1-8-6-10(4-5-11(8)15(18)19)13(17)14-9(2)12(7-16)20-3/h4-6,9,12,16H,7H2,1-3H3,(H,14,17). The first-order valence-corrected chi connectivity index (χ1v) is 7.39. The van der Waals surface area contributed by atoms with E-state index < -0.39 is 4.92 Å². The van der Waals surface area contributed by atoms with Gasteiger partial charge in [0.2, 0.25) is 0 Å². The van der Waals surface area contributed by atoms with Crippen LogP contribution in [-0.2, 0) is 0 Å². The molecule has 0 bridgehead atoms. The second kappa shape index (κ2) is 7.25. The number of nitro benzene ring substituents is 1. The first-order valence-electron chi connectivity index (χ1n) is 6.10. The number of thioether (sulfide) groups is 1. The maximum atomic E-state index is 12.1. The minimum absolute atomic E-state index is 0.00746. The lowest BCUT2D eigenvalue weighted by Gasteiger charge is -2.21. The van der Waals surface area contributed by atoms with Crippen molar-refractivity contribution in [2.45, 2.75) is 25.1 Å². The number of amides is 1. The number of benzene rings is 1. The zero-order chi connectivity index (χ0) is 15.3. The summed E-state index contributed by atoms with van der Waals surface area (Å²) in [5.74, 6) is -0.303. The van der Waals surface area contributed by atoms with Crippen LogP contribution in [-0.4, -0.2) is 40.1 Å². The maximum absolute atomic E-state index is 12.1. The van der Waals surface area contributed by atoms with Crippen LogP contribution in [0.1, 0.15) is 22.8 Å². The Morgan fingerprint density at radius 3 is 2.65 bits per heavy atom. The molecule has 110 valence electrons. The number of nitrogens with zero attached hydrogens (tertiary/aromatic N) is 1. The molecule has 6 nitrogen and oxygen atoms in total. The number of carbonyl (C=O) groups is 1. The van der Waals surface area contributed by atoms with Gasteiger partial charge in [-0.2, -0.15) is 11.8 Å². The summed E-state index contributed by atoms with van der Waals surface area (Å²) in [5, 5.41) is 22.6. The Balaban J connectivity index is 2.83. The highest BCUT2D eigenvalue weighted by Crippen LogP contribution is 2.19. The number of aliphatic hydroxyl groups is 1. The monoisotopic (exact) mass is 298 g/mol. The van der Waals surface area contributed by atoms with Gasteiger partial charge in [0.05, 0.1) is 11.5 Å². The molecule has 1 aromatic rings. The fourth-order valence-corrected chi connectivity index (χ4v) is 2.45. The average Bonchev–Trinajstić information content (AvgIpc) is 2.39. The van der Waals surface area contributed by atoms with Gasteiger partial charge in [0, 0.05) is 28.5 Å². The van der Waals surface area contributed by atoms with Gasteiger partial charge in [-0.15, -0.1) is 0 Å². The number of aryl methyl sites for hydroxylation is 1. The van der Waals surface area contributed by atoms with Gasteiger partial charge in [0.25, 0.3) is 11.6 Å². The van der Waals surface area contributed by atoms with Crippen LogP contribution >= 0.6 is 11.8 Å². The normalized spacial score (nSPS) is 13.6. The van der Waals surface area contributed by atoms with E-state index in [2.05, 4.69) is 5.32 Å². The topological polar surface area (TPSA) is 92.5 Å². The number of nitrogens with one attached hydrogen (secondary N) is 1. The van der Waals surface area contributed by atoms with E-state index in [0.717, 1.165) is 0 Å². The minimum atomic E-state index is -0.477. The highest BCUT2D eigenvalue weighted by molar-refractivity contribution is 7.99. The highest BCUT2D eigenvalue weighted by Gasteiger charge is 2.19. The number of aliphatic hydroxyl groups excluding tert-OH is 1. The van der Waals surface area contributed by atoms with Crippen LogP contribution < -0.4 is 5.32 Å². The van der Waals surface area contributed by atoms with E-state index in [-0.39, 0.29) is 29.5 Å².